The van der Waals surface area contributed by atoms with Crippen molar-refractivity contribution in [1.29, 1.82) is 0 Å². The summed E-state index contributed by atoms with van der Waals surface area (Å²) in [6, 6.07) is 5.97. The fourth-order valence-electron chi connectivity index (χ4n) is 1.61. The van der Waals surface area contributed by atoms with E-state index in [4.69, 9.17) is 0 Å². The summed E-state index contributed by atoms with van der Waals surface area (Å²) in [7, 11) is 0. The predicted molar refractivity (Wildman–Crippen MR) is 63.8 cm³/mol. The van der Waals surface area contributed by atoms with Crippen molar-refractivity contribution in [1.82, 2.24) is 0 Å². The first-order chi connectivity index (χ1) is 6.76. The monoisotopic (exact) mass is 222 g/mol. The lowest BCUT2D eigenvalue weighted by Crippen LogP contribution is -1.82. The number of fused-ring (bicyclic) bond motifs is 1. The van der Waals surface area contributed by atoms with E-state index in [-0.39, 0.29) is 0 Å². The third-order valence-electron chi connectivity index (χ3n) is 2.28. The number of thiol groups is 1. The second-order valence-electron chi connectivity index (χ2n) is 3.10. The lowest BCUT2D eigenvalue weighted by Gasteiger charge is -2.02. The number of aldehydes is 1. The molecule has 0 N–H and O–H groups in total. The van der Waals surface area contributed by atoms with Crippen LogP contribution in [0.25, 0.3) is 10.1 Å². The SMILES string of the molecule is CCc1c(S)ccc2sc(C=O)cc12. The topological polar surface area (TPSA) is 17.1 Å². The van der Waals surface area contributed by atoms with E-state index >= 15 is 0 Å². The van der Waals surface area contributed by atoms with Crippen LogP contribution in [0, 0.1) is 0 Å². The summed E-state index contributed by atoms with van der Waals surface area (Å²) in [6.45, 7) is 2.10. The Balaban J connectivity index is 2.79. The van der Waals surface area contributed by atoms with Gasteiger partial charge in [-0.1, -0.05) is 6.92 Å². The molecular formula is C11H10OS2. The molecule has 14 heavy (non-hydrogen) atoms. The molecule has 1 heterocycles. The average Bonchev–Trinajstić information content (AvgIpc) is 2.60. The van der Waals surface area contributed by atoms with Crippen molar-refractivity contribution in [3.8, 4) is 0 Å². The Morgan fingerprint density at radius 3 is 2.93 bits per heavy atom. The standard InChI is InChI=1S/C11H10OS2/c1-2-8-9-5-7(6-12)14-11(9)4-3-10(8)13/h3-6,13H,2H2,1H3. The summed E-state index contributed by atoms with van der Waals surface area (Å²) in [5.41, 5.74) is 1.23. The van der Waals surface area contributed by atoms with Gasteiger partial charge in [-0.15, -0.1) is 24.0 Å². The number of aryl methyl sites for hydroxylation is 1. The largest absolute Gasteiger partial charge is 0.297 e. The van der Waals surface area contributed by atoms with Gasteiger partial charge in [0.25, 0.3) is 0 Å². The van der Waals surface area contributed by atoms with Gasteiger partial charge in [-0.25, -0.2) is 0 Å². The van der Waals surface area contributed by atoms with Crippen molar-refractivity contribution in [2.45, 2.75) is 18.2 Å². The van der Waals surface area contributed by atoms with Gasteiger partial charge in [-0.05, 0) is 35.6 Å². The molecule has 0 saturated heterocycles. The molecule has 0 spiro atoms. The highest BCUT2D eigenvalue weighted by atomic mass is 32.1. The molecule has 0 aliphatic carbocycles. The van der Waals surface area contributed by atoms with Crippen LogP contribution in [0.3, 0.4) is 0 Å². The number of carbonyl (C=O) groups is 1. The first-order valence-electron chi connectivity index (χ1n) is 4.45. The van der Waals surface area contributed by atoms with Crippen LogP contribution in [0.15, 0.2) is 23.1 Å². The molecule has 0 saturated carbocycles. The normalized spacial score (nSPS) is 10.7. The maximum absolute atomic E-state index is 10.7. The maximum atomic E-state index is 10.7. The Labute approximate surface area is 92.2 Å². The Morgan fingerprint density at radius 2 is 2.29 bits per heavy atom. The molecule has 0 bridgehead atoms. The van der Waals surface area contributed by atoms with Gasteiger partial charge in [0.2, 0.25) is 0 Å². The number of hydrogen-bond acceptors (Lipinski definition) is 3. The Kier molecular flexibility index (Phi) is 2.61. The number of carbonyl (C=O) groups excluding carboxylic acids is 1. The minimum absolute atomic E-state index is 0.786. The molecule has 0 atom stereocenters. The molecule has 0 aliphatic rings. The minimum atomic E-state index is 0.786. The van der Waals surface area contributed by atoms with E-state index in [0.717, 1.165) is 22.5 Å². The quantitative estimate of drug-likeness (QED) is 0.607. The number of thiophene rings is 1. The van der Waals surface area contributed by atoms with E-state index < -0.39 is 0 Å². The maximum Gasteiger partial charge on any atom is 0.160 e. The second kappa shape index (κ2) is 3.75. The zero-order chi connectivity index (χ0) is 10.1. The first-order valence-corrected chi connectivity index (χ1v) is 5.72. The number of rotatable bonds is 2. The highest BCUT2D eigenvalue weighted by Crippen LogP contribution is 2.31. The van der Waals surface area contributed by atoms with Crippen molar-refractivity contribution >= 4 is 40.3 Å². The lowest BCUT2D eigenvalue weighted by atomic mass is 10.1. The van der Waals surface area contributed by atoms with E-state index in [1.807, 2.05) is 18.2 Å². The average molecular weight is 222 g/mol. The van der Waals surface area contributed by atoms with Gasteiger partial charge in [0.1, 0.15) is 0 Å². The van der Waals surface area contributed by atoms with Gasteiger partial charge in [-0.2, -0.15) is 0 Å². The van der Waals surface area contributed by atoms with Gasteiger partial charge in [0.15, 0.2) is 6.29 Å². The van der Waals surface area contributed by atoms with Gasteiger partial charge >= 0.3 is 0 Å². The molecule has 0 aliphatic heterocycles. The van der Waals surface area contributed by atoms with E-state index in [2.05, 4.69) is 19.6 Å². The van der Waals surface area contributed by atoms with E-state index in [9.17, 15) is 4.79 Å². The number of hydrogen-bond donors (Lipinski definition) is 1. The van der Waals surface area contributed by atoms with Crippen LogP contribution in [0.1, 0.15) is 22.2 Å². The molecule has 0 fully saturated rings. The Hall–Kier alpha value is -0.800. The van der Waals surface area contributed by atoms with Gasteiger partial charge < -0.3 is 0 Å². The second-order valence-corrected chi connectivity index (χ2v) is 4.69. The molecule has 1 nitrogen and oxygen atoms in total. The van der Waals surface area contributed by atoms with Crippen LogP contribution in [-0.4, -0.2) is 6.29 Å². The summed E-state index contributed by atoms with van der Waals surface area (Å²) in [6.07, 6.45) is 1.85. The molecule has 1 aromatic heterocycles. The van der Waals surface area contributed by atoms with Crippen molar-refractivity contribution in [3.63, 3.8) is 0 Å². The fraction of sp³-hybridized carbons (Fsp3) is 0.182. The minimum Gasteiger partial charge on any atom is -0.297 e. The van der Waals surface area contributed by atoms with E-state index in [0.29, 0.717) is 0 Å². The van der Waals surface area contributed by atoms with Gasteiger partial charge in [0, 0.05) is 9.60 Å². The zero-order valence-electron chi connectivity index (χ0n) is 7.78. The van der Waals surface area contributed by atoms with Crippen LogP contribution >= 0.6 is 24.0 Å². The Morgan fingerprint density at radius 1 is 1.50 bits per heavy atom. The zero-order valence-corrected chi connectivity index (χ0v) is 9.49. The van der Waals surface area contributed by atoms with E-state index in [1.54, 1.807) is 0 Å². The van der Waals surface area contributed by atoms with Crippen LogP contribution in [0.5, 0.6) is 0 Å². The van der Waals surface area contributed by atoms with Crippen molar-refractivity contribution in [2.24, 2.45) is 0 Å². The van der Waals surface area contributed by atoms with Crippen LogP contribution in [0.2, 0.25) is 0 Å². The van der Waals surface area contributed by atoms with Crippen molar-refractivity contribution < 1.29 is 4.79 Å². The smallest absolute Gasteiger partial charge is 0.160 e. The van der Waals surface area contributed by atoms with Gasteiger partial charge in [-0.3, -0.25) is 4.79 Å². The van der Waals surface area contributed by atoms with Crippen LogP contribution in [0.4, 0.5) is 0 Å². The third-order valence-corrected chi connectivity index (χ3v) is 3.72. The molecule has 3 heteroatoms. The van der Waals surface area contributed by atoms with Crippen LogP contribution in [-0.2, 0) is 6.42 Å². The highest BCUT2D eigenvalue weighted by Gasteiger charge is 2.07. The van der Waals surface area contributed by atoms with Crippen molar-refractivity contribution in [3.05, 3.63) is 28.6 Å². The van der Waals surface area contributed by atoms with Crippen molar-refractivity contribution in [2.75, 3.05) is 0 Å². The molecule has 0 radical (unpaired) electrons. The summed E-state index contributed by atoms with van der Waals surface area (Å²) in [5.74, 6) is 0. The predicted octanol–water partition coefficient (Wildman–Crippen LogP) is 3.56. The van der Waals surface area contributed by atoms with Crippen LogP contribution < -0.4 is 0 Å². The first kappa shape index (κ1) is 9.74. The van der Waals surface area contributed by atoms with Gasteiger partial charge in [0.05, 0.1) is 4.88 Å². The molecule has 72 valence electrons. The molecule has 1 aromatic carbocycles. The lowest BCUT2D eigenvalue weighted by molar-refractivity contribution is 0.112. The fourth-order valence-corrected chi connectivity index (χ4v) is 2.87. The number of benzene rings is 1. The summed E-state index contributed by atoms with van der Waals surface area (Å²) in [5, 5.41) is 1.17. The van der Waals surface area contributed by atoms with E-state index in [1.165, 1.54) is 27.0 Å². The summed E-state index contributed by atoms with van der Waals surface area (Å²) < 4.78 is 1.17. The summed E-state index contributed by atoms with van der Waals surface area (Å²) >= 11 is 5.94. The molecule has 2 aromatic rings. The molecule has 0 amide bonds. The third kappa shape index (κ3) is 1.47. The summed E-state index contributed by atoms with van der Waals surface area (Å²) in [4.78, 5) is 12.4. The molecule has 0 unspecified atom stereocenters. The molecule has 2 rings (SSSR count). The highest BCUT2D eigenvalue weighted by molar-refractivity contribution is 7.80. The molecular weight excluding hydrogens is 212 g/mol. The Bertz CT molecular complexity index is 485.